The van der Waals surface area contributed by atoms with E-state index in [0.29, 0.717) is 11.1 Å². The largest absolute Gasteiger partial charge is 0.396 e. The lowest BCUT2D eigenvalue weighted by Crippen LogP contribution is -2.33. The van der Waals surface area contributed by atoms with Crippen LogP contribution in [0.25, 0.3) is 0 Å². The molecule has 0 N–H and O–H groups in total. The van der Waals surface area contributed by atoms with Crippen molar-refractivity contribution in [2.24, 2.45) is 0 Å². The topological polar surface area (TPSA) is 40.2 Å². The molecule has 0 spiro atoms. The van der Waals surface area contributed by atoms with Crippen LogP contribution in [0.4, 0.5) is 0 Å². The Morgan fingerprint density at radius 1 is 0.607 bits per heavy atom. The fourth-order valence-corrected chi connectivity index (χ4v) is 7.14. The summed E-state index contributed by atoms with van der Waals surface area (Å²) in [6.45, 7) is 18.8. The van der Waals surface area contributed by atoms with Gasteiger partial charge in [0.15, 0.2) is 0 Å². The van der Waals surface area contributed by atoms with Crippen molar-refractivity contribution >= 4 is 18.6 Å². The van der Waals surface area contributed by atoms with Crippen molar-refractivity contribution in [2.75, 3.05) is 46.6 Å². The van der Waals surface area contributed by atoms with Gasteiger partial charge in [-0.05, 0) is 69.7 Å². The molecule has 0 radical (unpaired) electrons. The lowest BCUT2D eigenvalue weighted by molar-refractivity contribution is 0.182. The van der Waals surface area contributed by atoms with E-state index in [1.807, 2.05) is 0 Å². The van der Waals surface area contributed by atoms with Gasteiger partial charge in [-0.3, -0.25) is 0 Å². The fraction of sp³-hybridized carbons (Fsp3) is 1.00. The summed E-state index contributed by atoms with van der Waals surface area (Å²) in [7, 11) is -0.900. The molecule has 0 aromatic heterocycles. The van der Waals surface area contributed by atoms with Crippen LogP contribution in [0.1, 0.15) is 80.1 Å². The molecule has 0 saturated heterocycles. The van der Waals surface area contributed by atoms with E-state index in [-0.39, 0.29) is 0 Å². The summed E-state index contributed by atoms with van der Waals surface area (Å²) >= 11 is 0. The highest BCUT2D eigenvalue weighted by Crippen LogP contribution is 2.20. The number of hydrogen-bond acceptors (Lipinski definition) is 5. The van der Waals surface area contributed by atoms with E-state index >= 15 is 0 Å². The third-order valence-electron chi connectivity index (χ3n) is 4.81. The predicted octanol–water partition coefficient (Wildman–Crippen LogP) is 4.63. The Labute approximate surface area is 179 Å². The zero-order valence-corrected chi connectivity index (χ0v) is 22.2. The Morgan fingerprint density at radius 2 is 0.893 bits per heavy atom. The van der Waals surface area contributed by atoms with E-state index in [0.717, 1.165) is 78.0 Å². The van der Waals surface area contributed by atoms with E-state index in [1.165, 1.54) is 0 Å². The van der Waals surface area contributed by atoms with Crippen LogP contribution >= 0.6 is 0 Å². The van der Waals surface area contributed by atoms with Crippen LogP contribution in [0.3, 0.4) is 0 Å². The maximum Gasteiger partial charge on any atom is 0.324 e. The first-order chi connectivity index (χ1) is 13.5. The SMILES string of the molecule is CCCO[SiH](OCCC)C(C)CCN(C)CCC(C)[SiH](OCCC)OCCC. The molecule has 0 aliphatic rings. The first kappa shape index (κ1) is 28.2. The van der Waals surface area contributed by atoms with E-state index in [4.69, 9.17) is 17.7 Å². The summed E-state index contributed by atoms with van der Waals surface area (Å²) in [5, 5.41) is 0. The van der Waals surface area contributed by atoms with Crippen molar-refractivity contribution in [1.29, 1.82) is 0 Å². The number of hydrogen-bond donors (Lipinski definition) is 0. The molecule has 0 saturated carbocycles. The van der Waals surface area contributed by atoms with Crippen molar-refractivity contribution in [3.05, 3.63) is 0 Å². The van der Waals surface area contributed by atoms with E-state index in [9.17, 15) is 0 Å². The molecular formula is C21H49NO4Si2. The molecule has 28 heavy (non-hydrogen) atoms. The summed E-state index contributed by atoms with van der Waals surface area (Å²) in [6, 6.07) is 0. The van der Waals surface area contributed by atoms with Gasteiger partial charge in [-0.15, -0.1) is 0 Å². The molecule has 0 aromatic rings. The van der Waals surface area contributed by atoms with Gasteiger partial charge in [0.25, 0.3) is 0 Å². The minimum absolute atomic E-state index is 0.542. The Balaban J connectivity index is 4.28. The van der Waals surface area contributed by atoms with E-state index < -0.39 is 18.6 Å². The smallest absolute Gasteiger partial charge is 0.324 e. The summed E-state index contributed by atoms with van der Waals surface area (Å²) in [6.07, 6.45) is 6.55. The third-order valence-corrected chi connectivity index (χ3v) is 9.59. The average molecular weight is 436 g/mol. The lowest BCUT2D eigenvalue weighted by atomic mass is 10.3. The molecule has 0 rings (SSSR count). The van der Waals surface area contributed by atoms with Gasteiger partial charge in [0.05, 0.1) is 0 Å². The first-order valence-corrected chi connectivity index (χ1v) is 14.9. The maximum atomic E-state index is 6.06. The zero-order chi connectivity index (χ0) is 21.2. The van der Waals surface area contributed by atoms with Crippen LogP contribution in [0, 0.1) is 0 Å². The predicted molar refractivity (Wildman–Crippen MR) is 125 cm³/mol. The van der Waals surface area contributed by atoms with E-state index in [2.05, 4.69) is 53.5 Å². The monoisotopic (exact) mass is 435 g/mol. The van der Waals surface area contributed by atoms with Gasteiger partial charge in [-0.25, -0.2) is 0 Å². The minimum Gasteiger partial charge on any atom is -0.396 e. The van der Waals surface area contributed by atoms with Crippen LogP contribution in [-0.2, 0) is 17.7 Å². The average Bonchev–Trinajstić information content (AvgIpc) is 2.70. The van der Waals surface area contributed by atoms with Gasteiger partial charge in [-0.1, -0.05) is 41.5 Å². The highest BCUT2D eigenvalue weighted by atomic mass is 28.3. The Kier molecular flexibility index (Phi) is 19.4. The molecule has 0 aliphatic carbocycles. The van der Waals surface area contributed by atoms with Gasteiger partial charge in [0, 0.05) is 26.4 Å². The van der Waals surface area contributed by atoms with Crippen LogP contribution < -0.4 is 0 Å². The van der Waals surface area contributed by atoms with Crippen LogP contribution in [0.2, 0.25) is 11.1 Å². The molecule has 170 valence electrons. The highest BCUT2D eigenvalue weighted by Gasteiger charge is 2.24. The number of rotatable bonds is 20. The summed E-state index contributed by atoms with van der Waals surface area (Å²) < 4.78 is 24.3. The molecule has 7 heteroatoms. The summed E-state index contributed by atoms with van der Waals surface area (Å²) in [4.78, 5) is 2.45. The van der Waals surface area contributed by atoms with Crippen molar-refractivity contribution in [3.8, 4) is 0 Å². The van der Waals surface area contributed by atoms with Gasteiger partial charge >= 0.3 is 18.6 Å². The maximum absolute atomic E-state index is 6.06. The molecule has 0 bridgehead atoms. The van der Waals surface area contributed by atoms with E-state index in [1.54, 1.807) is 0 Å². The van der Waals surface area contributed by atoms with Crippen molar-refractivity contribution < 1.29 is 17.7 Å². The molecule has 0 amide bonds. The second kappa shape index (κ2) is 19.2. The summed E-state index contributed by atoms with van der Waals surface area (Å²) in [5.74, 6) is 0. The van der Waals surface area contributed by atoms with Crippen LogP contribution in [0.15, 0.2) is 0 Å². The minimum atomic E-state index is -1.56. The van der Waals surface area contributed by atoms with Gasteiger partial charge in [-0.2, -0.15) is 0 Å². The fourth-order valence-electron chi connectivity index (χ4n) is 2.92. The van der Waals surface area contributed by atoms with Gasteiger partial charge in [0.1, 0.15) is 0 Å². The van der Waals surface area contributed by atoms with Gasteiger partial charge < -0.3 is 22.6 Å². The molecular weight excluding hydrogens is 386 g/mol. The van der Waals surface area contributed by atoms with Crippen molar-refractivity contribution in [3.63, 3.8) is 0 Å². The first-order valence-electron chi connectivity index (χ1n) is 11.6. The second-order valence-electron chi connectivity index (χ2n) is 8.06. The van der Waals surface area contributed by atoms with Crippen LogP contribution in [-0.4, -0.2) is 70.0 Å². The molecule has 5 nitrogen and oxygen atoms in total. The van der Waals surface area contributed by atoms with Gasteiger partial charge in [0.2, 0.25) is 0 Å². The Bertz CT molecular complexity index is 294. The molecule has 2 atom stereocenters. The van der Waals surface area contributed by atoms with Crippen molar-refractivity contribution in [2.45, 2.75) is 91.1 Å². The Morgan fingerprint density at radius 3 is 1.14 bits per heavy atom. The molecule has 0 heterocycles. The molecule has 0 fully saturated rings. The van der Waals surface area contributed by atoms with Crippen LogP contribution in [0.5, 0.6) is 0 Å². The second-order valence-corrected chi connectivity index (χ2v) is 13.1. The quantitative estimate of drug-likeness (QED) is 0.261. The lowest BCUT2D eigenvalue weighted by Gasteiger charge is -2.26. The highest BCUT2D eigenvalue weighted by molar-refractivity contribution is 6.46. The standard InChI is InChI=1S/C21H49NO4Si2/c1-8-16-23-27(24-17-9-2)20(5)12-14-22(7)15-13-21(6)28(25-18-10-3)26-19-11-4/h20-21,27-28H,8-19H2,1-7H3. The summed E-state index contributed by atoms with van der Waals surface area (Å²) in [5.41, 5.74) is 1.08. The van der Waals surface area contributed by atoms with Crippen molar-refractivity contribution in [1.82, 2.24) is 4.90 Å². The Hall–Kier alpha value is 0.234. The molecule has 2 unspecified atom stereocenters. The molecule has 0 aliphatic heterocycles. The normalized spacial score (nSPS) is 14.4. The number of nitrogens with zero attached hydrogens (tertiary/aromatic N) is 1. The zero-order valence-electron chi connectivity index (χ0n) is 19.9. The molecule has 0 aromatic carbocycles. The third kappa shape index (κ3) is 14.3.